The average molecular weight is 526 g/mol. The number of nitrogens with zero attached hydrogens (tertiary/aromatic N) is 1. The van der Waals surface area contributed by atoms with E-state index in [1.54, 1.807) is 12.1 Å². The molecule has 8 aromatic rings. The van der Waals surface area contributed by atoms with E-state index in [1.807, 2.05) is 24.3 Å². The SMILES string of the molecule is [3H]c1cccc(-c2ccc(N(c3ccc(-c4cccc([3H])c4)cc3)c3ccc4ccc5cccc6ccc3c4c56)cc2)c1. The fourth-order valence-electron chi connectivity index (χ4n) is 6.09. The van der Waals surface area contributed by atoms with Gasteiger partial charge >= 0.3 is 0 Å². The van der Waals surface area contributed by atoms with Gasteiger partial charge in [0.05, 0.1) is 8.43 Å². The molecular weight excluding hydrogens is 494 g/mol. The third-order valence-electron chi connectivity index (χ3n) is 8.08. The van der Waals surface area contributed by atoms with Crippen molar-refractivity contribution in [2.75, 3.05) is 4.90 Å². The smallest absolute Gasteiger partial charge is 0.0623 e. The van der Waals surface area contributed by atoms with Gasteiger partial charge in [0.1, 0.15) is 0 Å². The maximum Gasteiger partial charge on any atom is 0.0623 e. The van der Waals surface area contributed by atoms with Crippen LogP contribution in [0.5, 0.6) is 0 Å². The first-order chi connectivity index (χ1) is 21.1. The maximum atomic E-state index is 8.06. The molecule has 0 aromatic heterocycles. The van der Waals surface area contributed by atoms with Crippen LogP contribution in [0.1, 0.15) is 2.74 Å². The molecule has 0 N–H and O–H groups in total. The first-order valence-electron chi connectivity index (χ1n) is 14.9. The lowest BCUT2D eigenvalue weighted by atomic mass is 9.93. The van der Waals surface area contributed by atoms with Gasteiger partial charge in [0.15, 0.2) is 0 Å². The Balaban J connectivity index is 1.32. The van der Waals surface area contributed by atoms with Crippen LogP contribution in [0.15, 0.2) is 164 Å². The molecule has 0 aliphatic heterocycles. The highest BCUT2D eigenvalue weighted by Gasteiger charge is 2.18. The zero-order valence-electron chi connectivity index (χ0n) is 24.4. The molecule has 192 valence electrons. The van der Waals surface area contributed by atoms with Gasteiger partial charge in [0.25, 0.3) is 0 Å². The van der Waals surface area contributed by atoms with Gasteiger partial charge in [-0.2, -0.15) is 0 Å². The second-order valence-electron chi connectivity index (χ2n) is 10.5. The minimum atomic E-state index is 0.507. The minimum absolute atomic E-state index is 0.507. The molecule has 0 amide bonds. The van der Waals surface area contributed by atoms with Crippen molar-refractivity contribution >= 4 is 49.4 Å². The van der Waals surface area contributed by atoms with Crippen molar-refractivity contribution in [3.05, 3.63) is 164 Å². The van der Waals surface area contributed by atoms with Crippen molar-refractivity contribution in [1.29, 1.82) is 0 Å². The second kappa shape index (κ2) is 9.66. The molecule has 0 radical (unpaired) electrons. The van der Waals surface area contributed by atoms with Crippen LogP contribution in [-0.4, -0.2) is 0 Å². The molecule has 0 saturated heterocycles. The summed E-state index contributed by atoms with van der Waals surface area (Å²) in [5.74, 6) is 0. The van der Waals surface area contributed by atoms with E-state index in [9.17, 15) is 0 Å². The van der Waals surface area contributed by atoms with E-state index < -0.39 is 0 Å². The maximum absolute atomic E-state index is 8.06. The lowest BCUT2D eigenvalue weighted by Gasteiger charge is -2.28. The summed E-state index contributed by atoms with van der Waals surface area (Å²) in [4.78, 5) is 2.33. The van der Waals surface area contributed by atoms with Crippen LogP contribution >= 0.6 is 0 Å². The molecule has 0 aliphatic carbocycles. The number of hydrogen-bond donors (Lipinski definition) is 0. The highest BCUT2D eigenvalue weighted by atomic mass is 15.1. The zero-order chi connectivity index (χ0) is 28.9. The molecule has 0 fully saturated rings. The molecule has 0 atom stereocenters. The molecule has 8 rings (SSSR count). The van der Waals surface area contributed by atoms with Crippen molar-refractivity contribution in [2.24, 2.45) is 0 Å². The van der Waals surface area contributed by atoms with Crippen molar-refractivity contribution in [2.45, 2.75) is 0 Å². The third kappa shape index (κ3) is 4.02. The van der Waals surface area contributed by atoms with Crippen molar-refractivity contribution < 1.29 is 2.74 Å². The summed E-state index contributed by atoms with van der Waals surface area (Å²) in [5, 5.41) is 7.53. The lowest BCUT2D eigenvalue weighted by Crippen LogP contribution is -2.10. The molecular formula is C40H27N. The van der Waals surface area contributed by atoms with E-state index in [2.05, 4.69) is 120 Å². The number of rotatable bonds is 5. The zero-order valence-corrected chi connectivity index (χ0v) is 22.4. The van der Waals surface area contributed by atoms with Crippen molar-refractivity contribution in [3.8, 4) is 22.3 Å². The highest BCUT2D eigenvalue weighted by molar-refractivity contribution is 6.25. The Hall–Kier alpha value is -5.40. The highest BCUT2D eigenvalue weighted by Crippen LogP contribution is 2.44. The van der Waals surface area contributed by atoms with Gasteiger partial charge < -0.3 is 4.90 Å². The van der Waals surface area contributed by atoms with E-state index in [0.29, 0.717) is 12.1 Å². The molecule has 1 heteroatoms. The molecule has 8 aromatic carbocycles. The van der Waals surface area contributed by atoms with Gasteiger partial charge in [-0.15, -0.1) is 0 Å². The van der Waals surface area contributed by atoms with E-state index >= 15 is 0 Å². The molecule has 0 aliphatic rings. The quantitative estimate of drug-likeness (QED) is 0.202. The lowest BCUT2D eigenvalue weighted by molar-refractivity contribution is 1.30. The van der Waals surface area contributed by atoms with Crippen LogP contribution in [0.2, 0.25) is 0 Å². The molecule has 0 heterocycles. The number of benzene rings is 8. The standard InChI is InChI=1S/C40H27N/c1-3-8-28(9-4-1)30-16-22-35(23-17-30)41(36-24-18-31(19-25-36)29-10-5-2-6-11-29)38-27-21-34-15-14-32-12-7-13-33-20-26-37(38)40(34)39(32)33/h1-27H/i3T,5T. The summed E-state index contributed by atoms with van der Waals surface area (Å²) < 4.78 is 16.1. The van der Waals surface area contributed by atoms with Gasteiger partial charge in [-0.1, -0.05) is 133 Å². The van der Waals surface area contributed by atoms with Crippen LogP contribution in [0.3, 0.4) is 0 Å². The summed E-state index contributed by atoms with van der Waals surface area (Å²) >= 11 is 0. The Labute approximate surface area is 242 Å². The summed E-state index contributed by atoms with van der Waals surface area (Å²) in [6.45, 7) is 0. The Morgan fingerprint density at radius 1 is 0.366 bits per heavy atom. The summed E-state index contributed by atoms with van der Waals surface area (Å²) in [6, 6.07) is 53.5. The topological polar surface area (TPSA) is 3.24 Å². The van der Waals surface area contributed by atoms with Crippen LogP contribution in [0.25, 0.3) is 54.6 Å². The van der Waals surface area contributed by atoms with Crippen LogP contribution < -0.4 is 4.90 Å². The van der Waals surface area contributed by atoms with Gasteiger partial charge in [-0.25, -0.2) is 0 Å². The largest absolute Gasteiger partial charge is 0.310 e. The van der Waals surface area contributed by atoms with Crippen molar-refractivity contribution in [3.63, 3.8) is 0 Å². The predicted molar refractivity (Wildman–Crippen MR) is 176 cm³/mol. The van der Waals surface area contributed by atoms with Crippen molar-refractivity contribution in [1.82, 2.24) is 0 Å². The number of anilines is 3. The monoisotopic (exact) mass is 525 g/mol. The average Bonchev–Trinajstić information content (AvgIpc) is 3.05. The minimum Gasteiger partial charge on any atom is -0.310 e. The number of hydrogen-bond acceptors (Lipinski definition) is 1. The van der Waals surface area contributed by atoms with Gasteiger partial charge in [-0.3, -0.25) is 0 Å². The van der Waals surface area contributed by atoms with Crippen LogP contribution in [0, 0.1) is 0 Å². The molecule has 0 bridgehead atoms. The normalized spacial score (nSPS) is 12.1. The molecule has 0 unspecified atom stereocenters. The summed E-state index contributed by atoms with van der Waals surface area (Å²) in [6.07, 6.45) is 0. The van der Waals surface area contributed by atoms with E-state index in [1.165, 1.54) is 32.3 Å². The molecule has 41 heavy (non-hydrogen) atoms. The third-order valence-corrected chi connectivity index (χ3v) is 8.08. The molecule has 1 nitrogen and oxygen atoms in total. The Kier molecular flexibility index (Phi) is 5.05. The predicted octanol–water partition coefficient (Wildman–Crippen LogP) is 11.4. The Morgan fingerprint density at radius 2 is 0.854 bits per heavy atom. The van der Waals surface area contributed by atoms with E-state index in [4.69, 9.17) is 2.74 Å². The first kappa shape index (κ1) is 21.4. The van der Waals surface area contributed by atoms with Crippen LogP contribution in [-0.2, 0) is 0 Å². The summed E-state index contributed by atoms with van der Waals surface area (Å²) in [5.41, 5.74) is 7.47. The van der Waals surface area contributed by atoms with Gasteiger partial charge in [0, 0.05) is 16.8 Å². The van der Waals surface area contributed by atoms with E-state index in [-0.39, 0.29) is 0 Å². The molecule has 0 spiro atoms. The van der Waals surface area contributed by atoms with Gasteiger partial charge in [0.2, 0.25) is 0 Å². The fraction of sp³-hybridized carbons (Fsp3) is 0. The summed E-state index contributed by atoms with van der Waals surface area (Å²) in [7, 11) is 0. The second-order valence-corrected chi connectivity index (χ2v) is 10.5. The van der Waals surface area contributed by atoms with Crippen LogP contribution in [0.4, 0.5) is 17.1 Å². The Bertz CT molecular complexity index is 2150. The fourth-order valence-corrected chi connectivity index (χ4v) is 6.09. The first-order valence-corrected chi connectivity index (χ1v) is 13.9. The molecule has 0 saturated carbocycles. The van der Waals surface area contributed by atoms with Gasteiger partial charge in [-0.05, 0) is 79.5 Å². The van der Waals surface area contributed by atoms with E-state index in [0.717, 1.165) is 39.3 Å². The Morgan fingerprint density at radius 3 is 1.41 bits per heavy atom.